The summed E-state index contributed by atoms with van der Waals surface area (Å²) in [4.78, 5) is -0.239. The van der Waals surface area contributed by atoms with Crippen LogP contribution in [-0.2, 0) is 15.3 Å². The summed E-state index contributed by atoms with van der Waals surface area (Å²) >= 11 is 0. The third kappa shape index (κ3) is 2.29. The highest BCUT2D eigenvalue weighted by Crippen LogP contribution is 2.40. The van der Waals surface area contributed by atoms with Crippen LogP contribution in [0, 0.1) is 5.82 Å². The van der Waals surface area contributed by atoms with E-state index in [0.717, 1.165) is 37.5 Å². The summed E-state index contributed by atoms with van der Waals surface area (Å²) in [5.41, 5.74) is 6.49. The van der Waals surface area contributed by atoms with Gasteiger partial charge in [-0.3, -0.25) is 0 Å². The maximum absolute atomic E-state index is 13.9. The van der Waals surface area contributed by atoms with Gasteiger partial charge in [-0.1, -0.05) is 18.9 Å². The zero-order valence-corrected chi connectivity index (χ0v) is 11.3. The quantitative estimate of drug-likeness (QED) is 0.914. The molecule has 1 aromatic carbocycles. The molecular formula is C13H18FNO2S. The Bertz CT molecular complexity index is 548. The fourth-order valence-corrected chi connectivity index (χ4v) is 3.52. The first-order chi connectivity index (χ1) is 8.39. The number of hydrogen-bond donors (Lipinski definition) is 1. The van der Waals surface area contributed by atoms with E-state index in [4.69, 9.17) is 5.73 Å². The van der Waals surface area contributed by atoms with Gasteiger partial charge in [0.25, 0.3) is 0 Å². The molecule has 0 amide bonds. The third-order valence-corrected chi connectivity index (χ3v) is 5.03. The summed E-state index contributed by atoms with van der Waals surface area (Å²) in [5, 5.41) is 0. The Morgan fingerprint density at radius 3 is 2.39 bits per heavy atom. The van der Waals surface area contributed by atoms with Crippen LogP contribution in [0.1, 0.15) is 31.2 Å². The van der Waals surface area contributed by atoms with Crippen LogP contribution in [0.25, 0.3) is 0 Å². The lowest BCUT2D eigenvalue weighted by Gasteiger charge is -2.28. The smallest absolute Gasteiger partial charge is 0.178 e. The van der Waals surface area contributed by atoms with E-state index in [0.29, 0.717) is 6.54 Å². The van der Waals surface area contributed by atoms with Gasteiger partial charge >= 0.3 is 0 Å². The SMILES string of the molecule is CS(=O)(=O)c1ccc(C2(CN)CCCC2)cc1F. The van der Waals surface area contributed by atoms with Crippen molar-refractivity contribution in [2.24, 2.45) is 5.73 Å². The maximum Gasteiger partial charge on any atom is 0.178 e. The second-order valence-corrected chi connectivity index (χ2v) is 7.09. The van der Waals surface area contributed by atoms with Crippen molar-refractivity contribution < 1.29 is 12.8 Å². The summed E-state index contributed by atoms with van der Waals surface area (Å²) in [5.74, 6) is -0.672. The summed E-state index contributed by atoms with van der Waals surface area (Å²) in [7, 11) is -3.51. The fourth-order valence-electron chi connectivity index (χ4n) is 2.79. The molecule has 100 valence electrons. The summed E-state index contributed by atoms with van der Waals surface area (Å²) in [6.45, 7) is 0.477. The van der Waals surface area contributed by atoms with Gasteiger partial charge in [0.15, 0.2) is 9.84 Å². The van der Waals surface area contributed by atoms with Crippen LogP contribution >= 0.6 is 0 Å². The molecule has 1 fully saturated rings. The maximum atomic E-state index is 13.9. The minimum absolute atomic E-state index is 0.170. The van der Waals surface area contributed by atoms with Crippen LogP contribution in [0.4, 0.5) is 4.39 Å². The topological polar surface area (TPSA) is 60.2 Å². The van der Waals surface area contributed by atoms with Crippen LogP contribution in [0.2, 0.25) is 0 Å². The molecule has 0 saturated heterocycles. The number of benzene rings is 1. The van der Waals surface area contributed by atoms with Gasteiger partial charge in [-0.2, -0.15) is 0 Å². The second-order valence-electron chi connectivity index (χ2n) is 5.11. The van der Waals surface area contributed by atoms with Gasteiger partial charge in [0.05, 0.1) is 0 Å². The number of halogens is 1. The molecular weight excluding hydrogens is 253 g/mol. The molecule has 2 N–H and O–H groups in total. The first kappa shape index (κ1) is 13.5. The van der Waals surface area contributed by atoms with E-state index in [2.05, 4.69) is 0 Å². The summed E-state index contributed by atoms with van der Waals surface area (Å²) in [6, 6.07) is 4.40. The number of sulfone groups is 1. The Morgan fingerprint density at radius 1 is 1.33 bits per heavy atom. The van der Waals surface area contributed by atoms with Gasteiger partial charge in [-0.15, -0.1) is 0 Å². The molecule has 1 aliphatic rings. The Kier molecular flexibility index (Phi) is 3.47. The summed E-state index contributed by atoms with van der Waals surface area (Å²) in [6.07, 6.45) is 5.08. The lowest BCUT2D eigenvalue weighted by Crippen LogP contribution is -2.32. The van der Waals surface area contributed by atoms with Crippen molar-refractivity contribution in [3.63, 3.8) is 0 Å². The zero-order valence-electron chi connectivity index (χ0n) is 10.4. The van der Waals surface area contributed by atoms with Crippen molar-refractivity contribution in [2.45, 2.75) is 36.0 Å². The molecule has 0 unspecified atom stereocenters. The average molecular weight is 271 g/mol. The molecule has 0 radical (unpaired) electrons. The van der Waals surface area contributed by atoms with E-state index in [1.165, 1.54) is 12.1 Å². The largest absolute Gasteiger partial charge is 0.330 e. The lowest BCUT2D eigenvalue weighted by atomic mass is 9.79. The third-order valence-electron chi connectivity index (χ3n) is 3.90. The molecule has 0 atom stereocenters. The van der Waals surface area contributed by atoms with Crippen molar-refractivity contribution in [1.82, 2.24) is 0 Å². The van der Waals surface area contributed by atoms with Gasteiger partial charge in [-0.05, 0) is 30.5 Å². The van der Waals surface area contributed by atoms with Crippen LogP contribution in [0.15, 0.2) is 23.1 Å². The van der Waals surface area contributed by atoms with Crippen molar-refractivity contribution in [3.05, 3.63) is 29.6 Å². The molecule has 18 heavy (non-hydrogen) atoms. The monoisotopic (exact) mass is 271 g/mol. The van der Waals surface area contributed by atoms with Crippen molar-refractivity contribution in [3.8, 4) is 0 Å². The average Bonchev–Trinajstić information content (AvgIpc) is 2.76. The minimum atomic E-state index is -3.51. The first-order valence-electron chi connectivity index (χ1n) is 6.09. The molecule has 1 aromatic rings. The van der Waals surface area contributed by atoms with Crippen molar-refractivity contribution in [2.75, 3.05) is 12.8 Å². The van der Waals surface area contributed by atoms with Crippen LogP contribution in [0.5, 0.6) is 0 Å². The summed E-state index contributed by atoms with van der Waals surface area (Å²) < 4.78 is 36.6. The normalized spacial score (nSPS) is 19.1. The van der Waals surface area contributed by atoms with Crippen molar-refractivity contribution >= 4 is 9.84 Å². The molecule has 0 bridgehead atoms. The fraction of sp³-hybridized carbons (Fsp3) is 0.538. The van der Waals surface area contributed by atoms with E-state index >= 15 is 0 Å². The molecule has 3 nitrogen and oxygen atoms in total. The molecule has 0 aliphatic heterocycles. The highest BCUT2D eigenvalue weighted by molar-refractivity contribution is 7.90. The predicted octanol–water partition coefficient (Wildman–Crippen LogP) is 2.00. The molecule has 1 aliphatic carbocycles. The van der Waals surface area contributed by atoms with E-state index in [-0.39, 0.29) is 10.3 Å². The van der Waals surface area contributed by atoms with E-state index in [1.807, 2.05) is 0 Å². The molecule has 0 spiro atoms. The Hall–Kier alpha value is -0.940. The number of nitrogens with two attached hydrogens (primary N) is 1. The van der Waals surface area contributed by atoms with Crippen LogP contribution in [-0.4, -0.2) is 21.2 Å². The Labute approximate surface area is 107 Å². The molecule has 0 aromatic heterocycles. The van der Waals surface area contributed by atoms with Gasteiger partial charge < -0.3 is 5.73 Å². The Morgan fingerprint density at radius 2 is 1.94 bits per heavy atom. The van der Waals surface area contributed by atoms with Crippen LogP contribution < -0.4 is 5.73 Å². The molecule has 2 rings (SSSR count). The molecule has 5 heteroatoms. The van der Waals surface area contributed by atoms with E-state index in [9.17, 15) is 12.8 Å². The number of hydrogen-bond acceptors (Lipinski definition) is 3. The van der Waals surface area contributed by atoms with Crippen LogP contribution in [0.3, 0.4) is 0 Å². The minimum Gasteiger partial charge on any atom is -0.330 e. The molecule has 1 saturated carbocycles. The highest BCUT2D eigenvalue weighted by atomic mass is 32.2. The highest BCUT2D eigenvalue weighted by Gasteiger charge is 2.35. The van der Waals surface area contributed by atoms with E-state index in [1.54, 1.807) is 6.07 Å². The number of rotatable bonds is 3. The first-order valence-corrected chi connectivity index (χ1v) is 7.98. The predicted molar refractivity (Wildman–Crippen MR) is 68.7 cm³/mol. The second kappa shape index (κ2) is 4.63. The van der Waals surface area contributed by atoms with Gasteiger partial charge in [0.1, 0.15) is 10.7 Å². The standard InChI is InChI=1S/C13H18FNO2S/c1-18(16,17)12-5-4-10(8-11(12)14)13(9-15)6-2-3-7-13/h4-5,8H,2-3,6-7,9,15H2,1H3. The zero-order chi connectivity index (χ0) is 13.4. The Balaban J connectivity index is 2.46. The van der Waals surface area contributed by atoms with Gasteiger partial charge in [0.2, 0.25) is 0 Å². The molecule has 0 heterocycles. The van der Waals surface area contributed by atoms with Crippen molar-refractivity contribution in [1.29, 1.82) is 0 Å². The van der Waals surface area contributed by atoms with Gasteiger partial charge in [0, 0.05) is 18.2 Å². The van der Waals surface area contributed by atoms with E-state index < -0.39 is 15.7 Å². The van der Waals surface area contributed by atoms with Gasteiger partial charge in [-0.25, -0.2) is 12.8 Å². The lowest BCUT2D eigenvalue weighted by molar-refractivity contribution is 0.448.